The maximum Gasteiger partial charge on any atom is 2.00 e. The second kappa shape index (κ2) is 13.7. The molecule has 0 bridgehead atoms. The van der Waals surface area contributed by atoms with E-state index in [1.165, 1.54) is 38.9 Å². The average molecular weight is 618 g/mol. The van der Waals surface area contributed by atoms with Gasteiger partial charge in [-0.05, 0) is 131 Å². The second-order valence-electron chi connectivity index (χ2n) is 13.7. The third-order valence-electron chi connectivity index (χ3n) is 7.82. The van der Waals surface area contributed by atoms with E-state index in [4.69, 9.17) is 0 Å². The minimum Gasteiger partial charge on any atom is -0.358 e. The molecule has 214 valence electrons. The van der Waals surface area contributed by atoms with E-state index >= 15 is 0 Å². The van der Waals surface area contributed by atoms with Crippen LogP contribution in [0.25, 0.3) is 11.1 Å². The number of rotatable bonds is 5. The van der Waals surface area contributed by atoms with Crippen molar-refractivity contribution in [2.45, 2.75) is 139 Å². The van der Waals surface area contributed by atoms with Gasteiger partial charge in [0.15, 0.2) is 0 Å². The minimum absolute atomic E-state index is 0. The standard InChI is InChI=1S/C33H53P.2CH3.Pd/c1-19(2)26-17-27(20(3)4)30(28(18-26)21(5)6)29-24(9)22(7)23(8)25(10)31(29)34(32(11,12)13)33(14,15)16;;;/h17-21H,1-16H3;2*1H3;/q;2*-1;+2/p+1. The summed E-state index contributed by atoms with van der Waals surface area (Å²) in [5.41, 5.74) is 13.7. The van der Waals surface area contributed by atoms with E-state index in [9.17, 15) is 0 Å². The summed E-state index contributed by atoms with van der Waals surface area (Å²) < 4.78 is 0. The van der Waals surface area contributed by atoms with Crippen LogP contribution in [0.5, 0.6) is 0 Å². The molecule has 0 aromatic heterocycles. The van der Waals surface area contributed by atoms with Crippen LogP contribution in [0.15, 0.2) is 12.1 Å². The van der Waals surface area contributed by atoms with Crippen molar-refractivity contribution in [3.05, 3.63) is 65.9 Å². The van der Waals surface area contributed by atoms with Crippen LogP contribution < -0.4 is 5.30 Å². The topological polar surface area (TPSA) is 0 Å². The molecule has 2 aromatic rings. The summed E-state index contributed by atoms with van der Waals surface area (Å²) in [6, 6.07) is 5.07. The van der Waals surface area contributed by atoms with Gasteiger partial charge in [-0.1, -0.05) is 53.7 Å². The zero-order valence-electron chi connectivity index (χ0n) is 27.7. The van der Waals surface area contributed by atoms with E-state index in [-0.39, 0.29) is 45.6 Å². The first kappa shape index (κ1) is 38.7. The van der Waals surface area contributed by atoms with Gasteiger partial charge in [0.1, 0.15) is 5.30 Å². The van der Waals surface area contributed by atoms with Crippen molar-refractivity contribution >= 4 is 13.2 Å². The summed E-state index contributed by atoms with van der Waals surface area (Å²) in [4.78, 5) is 0. The molecule has 0 fully saturated rings. The van der Waals surface area contributed by atoms with Crippen LogP contribution in [0.1, 0.15) is 140 Å². The quantitative estimate of drug-likeness (QED) is 0.178. The molecule has 2 rings (SSSR count). The van der Waals surface area contributed by atoms with E-state index in [1.54, 1.807) is 16.4 Å². The average Bonchev–Trinajstić information content (AvgIpc) is 2.67. The van der Waals surface area contributed by atoms with Crippen molar-refractivity contribution in [1.29, 1.82) is 0 Å². The smallest absolute Gasteiger partial charge is 0.358 e. The fourth-order valence-corrected chi connectivity index (χ4v) is 10.9. The molecule has 0 aliphatic carbocycles. The molecule has 0 aliphatic heterocycles. The Morgan fingerprint density at radius 3 is 1.19 bits per heavy atom. The van der Waals surface area contributed by atoms with Gasteiger partial charge in [0.05, 0.1) is 10.3 Å². The van der Waals surface area contributed by atoms with Crippen molar-refractivity contribution in [2.24, 2.45) is 0 Å². The third kappa shape index (κ3) is 7.81. The Morgan fingerprint density at radius 1 is 0.541 bits per heavy atom. The fraction of sp³-hybridized carbons (Fsp3) is 0.600. The normalized spacial score (nSPS) is 12.1. The van der Waals surface area contributed by atoms with Gasteiger partial charge in [0.25, 0.3) is 0 Å². The van der Waals surface area contributed by atoms with Gasteiger partial charge in [-0.2, -0.15) is 0 Å². The van der Waals surface area contributed by atoms with Gasteiger partial charge in [-0.15, -0.1) is 0 Å². The minimum atomic E-state index is -0.931. The van der Waals surface area contributed by atoms with E-state index in [0.717, 1.165) is 0 Å². The molecule has 0 atom stereocenters. The predicted octanol–water partition coefficient (Wildman–Crippen LogP) is 11.3. The first-order valence-electron chi connectivity index (χ1n) is 13.5. The summed E-state index contributed by atoms with van der Waals surface area (Å²) in [5.74, 6) is 1.51. The van der Waals surface area contributed by atoms with Crippen LogP contribution in [0, 0.1) is 42.5 Å². The molecule has 0 aliphatic rings. The van der Waals surface area contributed by atoms with Crippen molar-refractivity contribution < 1.29 is 20.4 Å². The van der Waals surface area contributed by atoms with Crippen molar-refractivity contribution in [3.63, 3.8) is 0 Å². The first-order valence-corrected chi connectivity index (χ1v) is 15.0. The largest absolute Gasteiger partial charge is 2.00 e. The number of hydrogen-bond acceptors (Lipinski definition) is 0. The number of benzene rings is 2. The summed E-state index contributed by atoms with van der Waals surface area (Å²) in [6.45, 7) is 38.6. The summed E-state index contributed by atoms with van der Waals surface area (Å²) in [7, 11) is -0.931. The third-order valence-corrected chi connectivity index (χ3v) is 11.9. The maximum atomic E-state index is 2.53. The maximum absolute atomic E-state index is 2.53. The molecule has 0 amide bonds. The zero-order chi connectivity index (χ0) is 26.5. The van der Waals surface area contributed by atoms with E-state index < -0.39 is 7.92 Å². The molecular formula is C35H60PPd+. The molecule has 0 N–H and O–H groups in total. The first-order chi connectivity index (χ1) is 15.3. The zero-order valence-corrected chi connectivity index (χ0v) is 30.3. The van der Waals surface area contributed by atoms with E-state index in [2.05, 4.69) is 123 Å². The SMILES string of the molecule is Cc1c(C)c(C)c([PH+](C(C)(C)C)C(C)(C)C)c(-c2c(C(C)C)cc(C(C)C)cc2C(C)C)c1C.[CH3-].[CH3-].[Pd+2]. The molecule has 0 saturated carbocycles. The molecule has 0 radical (unpaired) electrons. The van der Waals surface area contributed by atoms with Crippen LogP contribution in [-0.2, 0) is 20.4 Å². The molecule has 2 heteroatoms. The summed E-state index contributed by atoms with van der Waals surface area (Å²) in [5, 5.41) is 2.20. The monoisotopic (exact) mass is 617 g/mol. The van der Waals surface area contributed by atoms with Crippen LogP contribution in [0.3, 0.4) is 0 Å². The van der Waals surface area contributed by atoms with Gasteiger partial charge >= 0.3 is 20.4 Å². The molecular weight excluding hydrogens is 558 g/mol. The van der Waals surface area contributed by atoms with Crippen LogP contribution in [0.4, 0.5) is 0 Å². The molecule has 0 saturated heterocycles. The summed E-state index contributed by atoms with van der Waals surface area (Å²) >= 11 is 0. The Labute approximate surface area is 248 Å². The molecule has 0 spiro atoms. The van der Waals surface area contributed by atoms with Crippen LogP contribution >= 0.6 is 7.92 Å². The molecule has 0 unspecified atom stereocenters. The van der Waals surface area contributed by atoms with E-state index in [1.807, 2.05) is 0 Å². The van der Waals surface area contributed by atoms with Crippen molar-refractivity contribution in [2.75, 3.05) is 0 Å². The Kier molecular flexibility index (Phi) is 14.4. The molecule has 0 heterocycles. The van der Waals surface area contributed by atoms with Gasteiger partial charge in [-0.3, -0.25) is 0 Å². The van der Waals surface area contributed by atoms with Gasteiger partial charge in [-0.25, -0.2) is 0 Å². The van der Waals surface area contributed by atoms with Gasteiger partial charge in [0.2, 0.25) is 0 Å². The number of hydrogen-bond donors (Lipinski definition) is 0. The Bertz CT molecular complexity index is 1000. The molecule has 2 aromatic carbocycles. The Balaban J connectivity index is 0. The Hall–Kier alpha value is -0.468. The summed E-state index contributed by atoms with van der Waals surface area (Å²) in [6.07, 6.45) is 0. The van der Waals surface area contributed by atoms with Crippen LogP contribution in [-0.4, -0.2) is 10.3 Å². The van der Waals surface area contributed by atoms with Gasteiger partial charge in [0, 0.05) is 13.5 Å². The van der Waals surface area contributed by atoms with Crippen molar-refractivity contribution in [3.8, 4) is 11.1 Å². The van der Waals surface area contributed by atoms with Crippen molar-refractivity contribution in [1.82, 2.24) is 0 Å². The molecule has 37 heavy (non-hydrogen) atoms. The van der Waals surface area contributed by atoms with E-state index in [0.29, 0.717) is 17.8 Å². The van der Waals surface area contributed by atoms with Crippen LogP contribution in [0.2, 0.25) is 0 Å². The Morgan fingerprint density at radius 2 is 0.892 bits per heavy atom. The fourth-order valence-electron chi connectivity index (χ4n) is 6.06. The predicted molar refractivity (Wildman–Crippen MR) is 173 cm³/mol. The second-order valence-corrected chi connectivity index (χ2v) is 17.9. The van der Waals surface area contributed by atoms with Gasteiger partial charge < -0.3 is 14.9 Å². The molecule has 0 nitrogen and oxygen atoms in total.